The van der Waals surface area contributed by atoms with Crippen molar-refractivity contribution in [2.24, 2.45) is 0 Å². The predicted molar refractivity (Wildman–Crippen MR) is 79.9 cm³/mol. The van der Waals surface area contributed by atoms with Gasteiger partial charge in [-0.2, -0.15) is 0 Å². The van der Waals surface area contributed by atoms with Crippen molar-refractivity contribution in [1.82, 2.24) is 4.98 Å². The van der Waals surface area contributed by atoms with Gasteiger partial charge in [0.05, 0.1) is 24.8 Å². The number of aliphatic hydroxyl groups is 1. The molecule has 1 saturated heterocycles. The van der Waals surface area contributed by atoms with Gasteiger partial charge >= 0.3 is 0 Å². The van der Waals surface area contributed by atoms with Crippen LogP contribution in [0.2, 0.25) is 0 Å². The molecule has 1 fully saturated rings. The molecule has 4 nitrogen and oxygen atoms in total. The number of hydrogen-bond acceptors (Lipinski definition) is 4. The number of rotatable bonds is 3. The van der Waals surface area contributed by atoms with Crippen LogP contribution in [0.3, 0.4) is 0 Å². The molecule has 3 rings (SSSR count). The average molecular weight is 272 g/mol. The summed E-state index contributed by atoms with van der Waals surface area (Å²) in [5.41, 5.74) is 1.87. The minimum atomic E-state index is 0.0393. The molecule has 1 aliphatic heterocycles. The van der Waals surface area contributed by atoms with Crippen LogP contribution in [-0.4, -0.2) is 35.9 Å². The summed E-state index contributed by atoms with van der Waals surface area (Å²) in [4.78, 5) is 6.99. The topological polar surface area (TPSA) is 45.6 Å². The zero-order valence-corrected chi connectivity index (χ0v) is 11.7. The van der Waals surface area contributed by atoms with Gasteiger partial charge in [0.2, 0.25) is 0 Å². The molecule has 0 bridgehead atoms. The summed E-state index contributed by atoms with van der Waals surface area (Å²) >= 11 is 0. The van der Waals surface area contributed by atoms with Gasteiger partial charge in [-0.3, -0.25) is 0 Å². The number of nitrogens with zero attached hydrogens (tertiary/aromatic N) is 2. The molecule has 20 heavy (non-hydrogen) atoms. The number of ether oxygens (including phenoxy) is 1. The van der Waals surface area contributed by atoms with E-state index in [4.69, 9.17) is 9.72 Å². The molecule has 1 aromatic heterocycles. The number of anilines is 1. The van der Waals surface area contributed by atoms with Gasteiger partial charge in [0.25, 0.3) is 0 Å². The Labute approximate surface area is 119 Å². The summed E-state index contributed by atoms with van der Waals surface area (Å²) < 4.78 is 5.70. The lowest BCUT2D eigenvalue weighted by atomic mass is 10.1. The lowest BCUT2D eigenvalue weighted by molar-refractivity contribution is 0.0382. The lowest BCUT2D eigenvalue weighted by Crippen LogP contribution is -2.42. The average Bonchev–Trinajstić information content (AvgIpc) is 2.53. The van der Waals surface area contributed by atoms with E-state index in [2.05, 4.69) is 11.8 Å². The zero-order chi connectivity index (χ0) is 13.9. The molecule has 4 heteroatoms. The minimum Gasteiger partial charge on any atom is -0.392 e. The first kappa shape index (κ1) is 13.3. The van der Waals surface area contributed by atoms with Crippen LogP contribution in [0.1, 0.15) is 18.9 Å². The Morgan fingerprint density at radius 2 is 2.25 bits per heavy atom. The zero-order valence-electron chi connectivity index (χ0n) is 11.7. The molecule has 1 aromatic carbocycles. The fourth-order valence-corrected chi connectivity index (χ4v) is 2.70. The first-order valence-corrected chi connectivity index (χ1v) is 7.18. The van der Waals surface area contributed by atoms with Crippen LogP contribution in [0.5, 0.6) is 0 Å². The third-order valence-electron chi connectivity index (χ3n) is 3.88. The Morgan fingerprint density at radius 3 is 3.05 bits per heavy atom. The third kappa shape index (κ3) is 2.49. The van der Waals surface area contributed by atoms with Crippen LogP contribution in [0.4, 0.5) is 5.82 Å². The van der Waals surface area contributed by atoms with Gasteiger partial charge in [0.1, 0.15) is 5.82 Å². The molecule has 0 aliphatic carbocycles. The van der Waals surface area contributed by atoms with E-state index in [1.165, 1.54) is 0 Å². The molecule has 0 saturated carbocycles. The van der Waals surface area contributed by atoms with Crippen molar-refractivity contribution in [3.63, 3.8) is 0 Å². The number of hydrogen-bond donors (Lipinski definition) is 1. The van der Waals surface area contributed by atoms with Gasteiger partial charge < -0.3 is 14.7 Å². The van der Waals surface area contributed by atoms with Crippen LogP contribution in [0.25, 0.3) is 10.9 Å². The van der Waals surface area contributed by atoms with Crippen molar-refractivity contribution in [3.05, 3.63) is 35.9 Å². The number of para-hydroxylation sites is 1. The first-order chi connectivity index (χ1) is 9.81. The second-order valence-electron chi connectivity index (χ2n) is 5.16. The fourth-order valence-electron chi connectivity index (χ4n) is 2.70. The molecule has 2 aromatic rings. The second kappa shape index (κ2) is 5.77. The van der Waals surface area contributed by atoms with Gasteiger partial charge in [-0.25, -0.2) is 4.98 Å². The number of pyridine rings is 1. The van der Waals surface area contributed by atoms with Crippen molar-refractivity contribution in [2.75, 3.05) is 24.6 Å². The van der Waals surface area contributed by atoms with E-state index in [-0.39, 0.29) is 12.7 Å². The molecule has 2 heterocycles. The van der Waals surface area contributed by atoms with E-state index >= 15 is 0 Å². The second-order valence-corrected chi connectivity index (χ2v) is 5.16. The van der Waals surface area contributed by atoms with Gasteiger partial charge in [-0.05, 0) is 24.1 Å². The van der Waals surface area contributed by atoms with E-state index in [0.29, 0.717) is 0 Å². The third-order valence-corrected chi connectivity index (χ3v) is 3.88. The summed E-state index contributed by atoms with van der Waals surface area (Å²) in [6.07, 6.45) is 1.28. The normalized spacial score (nSPS) is 19.5. The smallest absolute Gasteiger partial charge is 0.129 e. The molecular formula is C16H20N2O2. The molecule has 0 radical (unpaired) electrons. The molecule has 1 atom stereocenters. The van der Waals surface area contributed by atoms with Crippen molar-refractivity contribution in [3.8, 4) is 0 Å². The predicted octanol–water partition coefficient (Wildman–Crippen LogP) is 2.34. The lowest BCUT2D eigenvalue weighted by Gasteiger charge is -2.33. The standard InChI is InChI=1S/C16H20N2O2/c1-2-13-10-18(7-8-20-13)16-9-12(11-19)14-5-3-4-6-15(14)17-16/h3-6,9,13,19H,2,7-8,10-11H2,1H3. The number of benzene rings is 1. The Balaban J connectivity index is 1.99. The molecule has 106 valence electrons. The van der Waals surface area contributed by atoms with Gasteiger partial charge in [0.15, 0.2) is 0 Å². The first-order valence-electron chi connectivity index (χ1n) is 7.18. The summed E-state index contributed by atoms with van der Waals surface area (Å²) in [6, 6.07) is 9.96. The summed E-state index contributed by atoms with van der Waals surface area (Å²) in [5, 5.41) is 10.6. The van der Waals surface area contributed by atoms with Gasteiger partial charge in [-0.15, -0.1) is 0 Å². The largest absolute Gasteiger partial charge is 0.392 e. The molecule has 1 N–H and O–H groups in total. The van der Waals surface area contributed by atoms with Crippen molar-refractivity contribution in [2.45, 2.75) is 26.1 Å². The Hall–Kier alpha value is -1.65. The van der Waals surface area contributed by atoms with Crippen LogP contribution in [0, 0.1) is 0 Å². The highest BCUT2D eigenvalue weighted by molar-refractivity contribution is 5.84. The minimum absolute atomic E-state index is 0.0393. The Morgan fingerprint density at radius 1 is 1.40 bits per heavy atom. The highest BCUT2D eigenvalue weighted by Crippen LogP contribution is 2.24. The Bertz CT molecular complexity index is 600. The van der Waals surface area contributed by atoms with E-state index < -0.39 is 0 Å². The summed E-state index contributed by atoms with van der Waals surface area (Å²) in [5.74, 6) is 0.939. The van der Waals surface area contributed by atoms with Gasteiger partial charge in [0, 0.05) is 18.5 Å². The number of morpholine rings is 1. The van der Waals surface area contributed by atoms with E-state index in [1.807, 2.05) is 30.3 Å². The van der Waals surface area contributed by atoms with Crippen LogP contribution < -0.4 is 4.90 Å². The molecule has 1 aliphatic rings. The van der Waals surface area contributed by atoms with Crippen molar-refractivity contribution < 1.29 is 9.84 Å². The van der Waals surface area contributed by atoms with Crippen LogP contribution >= 0.6 is 0 Å². The maximum absolute atomic E-state index is 9.59. The number of aliphatic hydroxyl groups excluding tert-OH is 1. The molecule has 1 unspecified atom stereocenters. The summed E-state index contributed by atoms with van der Waals surface area (Å²) in [6.45, 7) is 4.64. The highest BCUT2D eigenvalue weighted by Gasteiger charge is 2.20. The number of fused-ring (bicyclic) bond motifs is 1. The Kier molecular flexibility index (Phi) is 3.85. The van der Waals surface area contributed by atoms with Gasteiger partial charge in [-0.1, -0.05) is 25.1 Å². The maximum atomic E-state index is 9.59. The van der Waals surface area contributed by atoms with Crippen molar-refractivity contribution >= 4 is 16.7 Å². The van der Waals surface area contributed by atoms with E-state index in [1.54, 1.807) is 0 Å². The quantitative estimate of drug-likeness (QED) is 0.931. The monoisotopic (exact) mass is 272 g/mol. The van der Waals surface area contributed by atoms with Crippen LogP contribution in [-0.2, 0) is 11.3 Å². The van der Waals surface area contributed by atoms with Crippen LogP contribution in [0.15, 0.2) is 30.3 Å². The molecule has 0 spiro atoms. The molecule has 0 amide bonds. The SMILES string of the molecule is CCC1CN(c2cc(CO)c3ccccc3n2)CCO1. The van der Waals surface area contributed by atoms with E-state index in [9.17, 15) is 5.11 Å². The maximum Gasteiger partial charge on any atom is 0.129 e. The van der Waals surface area contributed by atoms with E-state index in [0.717, 1.165) is 48.4 Å². The van der Waals surface area contributed by atoms with Crippen molar-refractivity contribution in [1.29, 1.82) is 0 Å². The highest BCUT2D eigenvalue weighted by atomic mass is 16.5. The fraction of sp³-hybridized carbons (Fsp3) is 0.438. The molecular weight excluding hydrogens is 252 g/mol. The number of aromatic nitrogens is 1. The summed E-state index contributed by atoms with van der Waals surface area (Å²) in [7, 11) is 0.